The molecule has 41 heavy (non-hydrogen) atoms. The highest BCUT2D eigenvalue weighted by molar-refractivity contribution is 5.90. The molecule has 2 saturated heterocycles. The van der Waals surface area contributed by atoms with Gasteiger partial charge in [-0.05, 0) is 32.7 Å². The number of nitrogens with zero attached hydrogens (tertiary/aromatic N) is 3. The molecular formula is C28H46F3N7O3. The zero-order valence-corrected chi connectivity index (χ0v) is 24.4. The number of ether oxygens (including phenoxy) is 1. The highest BCUT2D eigenvalue weighted by Crippen LogP contribution is 2.22. The van der Waals surface area contributed by atoms with E-state index in [0.29, 0.717) is 18.5 Å². The number of hydrogen-bond donors (Lipinski definition) is 4. The summed E-state index contributed by atoms with van der Waals surface area (Å²) < 4.78 is 46.9. The minimum atomic E-state index is -4.23. The van der Waals surface area contributed by atoms with Gasteiger partial charge in [-0.15, -0.1) is 13.2 Å². The van der Waals surface area contributed by atoms with Gasteiger partial charge in [-0.25, -0.2) is 5.43 Å². The van der Waals surface area contributed by atoms with Gasteiger partial charge in [-0.2, -0.15) is 13.2 Å². The number of hydrazine groups is 1. The van der Waals surface area contributed by atoms with Crippen LogP contribution in [0.25, 0.3) is 0 Å². The van der Waals surface area contributed by atoms with Crippen LogP contribution in [0.15, 0.2) is 53.2 Å². The topological polar surface area (TPSA) is 130 Å². The second-order valence-electron chi connectivity index (χ2n) is 9.17. The summed E-state index contributed by atoms with van der Waals surface area (Å²) in [6.45, 7) is 17.7. The summed E-state index contributed by atoms with van der Waals surface area (Å²) in [5.74, 6) is -0.493. The lowest BCUT2D eigenvalue weighted by Crippen LogP contribution is -2.36. The van der Waals surface area contributed by atoms with E-state index in [1.165, 1.54) is 12.2 Å². The molecule has 2 fully saturated rings. The van der Waals surface area contributed by atoms with Gasteiger partial charge < -0.3 is 30.6 Å². The molecule has 0 aromatic carbocycles. The lowest BCUT2D eigenvalue weighted by atomic mass is 10.0. The molecule has 0 bridgehead atoms. The summed E-state index contributed by atoms with van der Waals surface area (Å²) in [6.07, 6.45) is 5.89. The molecule has 3 unspecified atom stereocenters. The van der Waals surface area contributed by atoms with E-state index in [4.69, 9.17) is 15.0 Å². The molecule has 0 aliphatic carbocycles. The number of carbonyl (C=O) groups excluding carboxylic acids is 1. The molecule has 2 aliphatic heterocycles. The number of nitrogens with one attached hydrogen (secondary N) is 3. The Morgan fingerprint density at radius 1 is 1.29 bits per heavy atom. The predicted molar refractivity (Wildman–Crippen MR) is 157 cm³/mol. The van der Waals surface area contributed by atoms with E-state index in [1.807, 2.05) is 26.8 Å². The number of primary amides is 1. The highest BCUT2D eigenvalue weighted by atomic mass is 19.4. The number of hydrogen-bond acceptors (Lipinski definition) is 8. The van der Waals surface area contributed by atoms with Crippen LogP contribution < -0.4 is 26.8 Å². The van der Waals surface area contributed by atoms with Crippen molar-refractivity contribution in [2.24, 2.45) is 16.6 Å². The number of rotatable bonds is 9. The van der Waals surface area contributed by atoms with Crippen LogP contribution in [0.2, 0.25) is 0 Å². The Kier molecular flexibility index (Phi) is 17.4. The van der Waals surface area contributed by atoms with Crippen molar-refractivity contribution in [2.45, 2.75) is 64.8 Å². The largest absolute Gasteiger partial charge is 0.392 e. The lowest BCUT2D eigenvalue weighted by molar-refractivity contribution is -0.125. The van der Waals surface area contributed by atoms with E-state index in [2.05, 4.69) is 44.4 Å². The smallest absolute Gasteiger partial charge is 0.374 e. The van der Waals surface area contributed by atoms with Crippen molar-refractivity contribution in [3.05, 3.63) is 49.4 Å². The summed E-state index contributed by atoms with van der Waals surface area (Å²) in [5.41, 5.74) is 12.5. The third-order valence-corrected chi connectivity index (χ3v) is 6.09. The second kappa shape index (κ2) is 19.8. The first-order chi connectivity index (χ1) is 19.6. The zero-order valence-electron chi connectivity index (χ0n) is 24.4. The fourth-order valence-electron chi connectivity index (χ4n) is 4.15. The quantitative estimate of drug-likeness (QED) is 0.322. The van der Waals surface area contributed by atoms with Crippen molar-refractivity contribution >= 4 is 17.4 Å². The number of amidine groups is 1. The number of anilines is 1. The van der Waals surface area contributed by atoms with Crippen molar-refractivity contribution in [2.75, 3.05) is 44.2 Å². The van der Waals surface area contributed by atoms with E-state index in [0.717, 1.165) is 62.9 Å². The predicted octanol–water partition coefficient (Wildman–Crippen LogP) is 3.82. The average Bonchev–Trinajstić information content (AvgIpc) is 3.55. The number of nitrogens with two attached hydrogens (primary N) is 1. The zero-order chi connectivity index (χ0) is 30.7. The Bertz CT molecular complexity index is 966. The van der Waals surface area contributed by atoms with Crippen molar-refractivity contribution in [1.82, 2.24) is 21.3 Å². The normalized spacial score (nSPS) is 22.6. The fourth-order valence-corrected chi connectivity index (χ4v) is 4.15. The number of alkyl halides is 3. The maximum atomic E-state index is 12.0. The summed E-state index contributed by atoms with van der Waals surface area (Å²) in [4.78, 5) is 16.9. The first kappa shape index (κ1) is 35.9. The third-order valence-electron chi connectivity index (χ3n) is 6.09. The van der Waals surface area contributed by atoms with E-state index in [1.54, 1.807) is 6.26 Å². The van der Waals surface area contributed by atoms with E-state index < -0.39 is 24.5 Å². The number of halogens is 3. The number of aryl methyl sites for hydroxylation is 1. The molecule has 3 heterocycles. The molecular weight excluding hydrogens is 539 g/mol. The molecule has 1 aromatic rings. The molecule has 0 radical (unpaired) electrons. The minimum Gasteiger partial charge on any atom is -0.374 e. The van der Waals surface area contributed by atoms with E-state index >= 15 is 0 Å². The fraction of sp³-hybridized carbons (Fsp3) is 0.607. The van der Waals surface area contributed by atoms with Crippen LogP contribution in [0.4, 0.5) is 18.9 Å². The van der Waals surface area contributed by atoms with E-state index in [-0.39, 0.29) is 12.5 Å². The van der Waals surface area contributed by atoms with Gasteiger partial charge in [0.1, 0.15) is 30.0 Å². The Labute approximate surface area is 241 Å². The lowest BCUT2D eigenvalue weighted by Gasteiger charge is -2.27. The van der Waals surface area contributed by atoms with Gasteiger partial charge >= 0.3 is 6.18 Å². The van der Waals surface area contributed by atoms with E-state index in [9.17, 15) is 18.0 Å². The van der Waals surface area contributed by atoms with Gasteiger partial charge in [0.15, 0.2) is 0 Å². The monoisotopic (exact) mass is 585 g/mol. The molecule has 2 aliphatic rings. The third kappa shape index (κ3) is 14.3. The van der Waals surface area contributed by atoms with Gasteiger partial charge in [0.2, 0.25) is 5.91 Å². The summed E-state index contributed by atoms with van der Waals surface area (Å²) >= 11 is 0. The van der Waals surface area contributed by atoms with Crippen LogP contribution >= 0.6 is 0 Å². The molecule has 1 amide bonds. The van der Waals surface area contributed by atoms with Crippen LogP contribution in [0.1, 0.15) is 45.2 Å². The van der Waals surface area contributed by atoms with Gasteiger partial charge in [0, 0.05) is 19.6 Å². The Morgan fingerprint density at radius 2 is 2.05 bits per heavy atom. The van der Waals surface area contributed by atoms with Crippen molar-refractivity contribution < 1.29 is 27.2 Å². The highest BCUT2D eigenvalue weighted by Gasteiger charge is 2.29. The summed E-state index contributed by atoms with van der Waals surface area (Å²) in [6, 6.07) is -0.397. The Morgan fingerprint density at radius 3 is 2.66 bits per heavy atom. The van der Waals surface area contributed by atoms with Crippen LogP contribution in [-0.2, 0) is 9.53 Å². The van der Waals surface area contributed by atoms with Gasteiger partial charge in [-0.1, -0.05) is 43.3 Å². The van der Waals surface area contributed by atoms with Gasteiger partial charge in [0.25, 0.3) is 0 Å². The molecule has 3 rings (SSSR count). The van der Waals surface area contributed by atoms with Crippen molar-refractivity contribution in [3.63, 3.8) is 0 Å². The Balaban J connectivity index is 0.000000387. The number of allylic oxidation sites excluding steroid dienone is 1. The summed E-state index contributed by atoms with van der Waals surface area (Å²) in [5, 5.41) is 7.44. The molecule has 232 valence electrons. The molecule has 3 atom stereocenters. The SMILES string of the molecule is C=CC1C(=NCC(N)=O)NNC1/C=C\CC(F)(F)F.C=CCOC1CCCN(c2conc2C)CCNCC1.CC. The maximum Gasteiger partial charge on any atom is 0.392 e. The average molecular weight is 586 g/mol. The molecule has 0 spiro atoms. The van der Waals surface area contributed by atoms with Gasteiger partial charge in [-0.3, -0.25) is 9.79 Å². The molecule has 0 saturated carbocycles. The van der Waals surface area contributed by atoms with Gasteiger partial charge in [0.05, 0.1) is 31.1 Å². The standard InChI is InChI=1S/C15H25N3O2.C11H15F3N4O.C2H6/c1-3-11-19-14-5-4-9-18(10-8-16-7-6-14)15-12-20-17-13(15)2;1-2-7-8(4-3-5-11(12,13)14)17-18-10(7)16-6-9(15)19;1-2/h3,12,14,16H,1,4-11H2,2H3;2-4,7-8,17H,1,5-6H2,(H2,15,19)(H,16,18);1-2H3/b;4-3-;. The van der Waals surface area contributed by atoms with Crippen LogP contribution in [0, 0.1) is 12.8 Å². The number of amides is 1. The second-order valence-corrected chi connectivity index (χ2v) is 9.17. The molecule has 1 aromatic heterocycles. The van der Waals surface area contributed by atoms with Crippen LogP contribution in [-0.4, -0.2) is 74.6 Å². The molecule has 5 N–H and O–H groups in total. The number of aliphatic imine (C=N–C) groups is 1. The van der Waals surface area contributed by atoms with Crippen molar-refractivity contribution in [1.29, 1.82) is 0 Å². The summed E-state index contributed by atoms with van der Waals surface area (Å²) in [7, 11) is 0. The first-order valence-corrected chi connectivity index (χ1v) is 13.9. The molecule has 13 heteroatoms. The number of aromatic nitrogens is 1. The first-order valence-electron chi connectivity index (χ1n) is 13.9. The van der Waals surface area contributed by atoms with Crippen molar-refractivity contribution in [3.8, 4) is 0 Å². The number of carbonyl (C=O) groups is 1. The molecule has 10 nitrogen and oxygen atoms in total. The van der Waals surface area contributed by atoms with Crippen LogP contribution in [0.3, 0.4) is 0 Å². The van der Waals surface area contributed by atoms with Crippen LogP contribution in [0.5, 0.6) is 0 Å². The Hall–Kier alpha value is -3.16. The minimum absolute atomic E-state index is 0.187. The maximum absolute atomic E-state index is 12.0.